The Morgan fingerprint density at radius 2 is 0.768 bits per heavy atom. The van der Waals surface area contributed by atoms with E-state index >= 15 is 52.7 Å². The minimum atomic E-state index is -2.60. The van der Waals surface area contributed by atoms with E-state index in [0.29, 0.717) is 11.1 Å². The van der Waals surface area contributed by atoms with Crippen LogP contribution in [0.2, 0.25) is 0 Å². The summed E-state index contributed by atoms with van der Waals surface area (Å²) >= 11 is 0. The van der Waals surface area contributed by atoms with Crippen LogP contribution in [0.4, 0.5) is 65.9 Å². The van der Waals surface area contributed by atoms with Gasteiger partial charge in [-0.25, -0.2) is 65.9 Å². The molecule has 0 saturated heterocycles. The maximum Gasteiger partial charge on any atom is 0.200 e. The minimum Gasteiger partial charge on any atom is -0.363 e. The maximum atomic E-state index is 16.1. The van der Waals surface area contributed by atoms with Gasteiger partial charge in [-0.3, -0.25) is 4.99 Å². The Hall–Kier alpha value is -8.22. The Balaban J connectivity index is 1.45. The van der Waals surface area contributed by atoms with E-state index in [2.05, 4.69) is 15.0 Å². The maximum absolute atomic E-state index is 16.1. The van der Waals surface area contributed by atoms with Crippen LogP contribution in [0.5, 0.6) is 0 Å². The van der Waals surface area contributed by atoms with E-state index in [9.17, 15) is 13.2 Å². The lowest BCUT2D eigenvalue weighted by Crippen LogP contribution is -2.37. The number of H-pyrrole nitrogens is 3. The summed E-state index contributed by atoms with van der Waals surface area (Å²) in [4.78, 5) is 12.8. The molecule has 4 nitrogen and oxygen atoms in total. The molecule has 8 aromatic rings. The molecule has 19 heteroatoms. The number of fused-ring (bicyclic) bond motifs is 7. The summed E-state index contributed by atoms with van der Waals surface area (Å²) in [6.45, 7) is 0. The van der Waals surface area contributed by atoms with Crippen molar-refractivity contribution < 1.29 is 65.9 Å². The monoisotopic (exact) mass is 962 g/mol. The first-order valence-corrected chi connectivity index (χ1v) is 20.0. The van der Waals surface area contributed by atoms with Crippen LogP contribution < -0.4 is 10.7 Å². The van der Waals surface area contributed by atoms with Crippen molar-refractivity contribution in [3.63, 3.8) is 0 Å². The zero-order valence-corrected chi connectivity index (χ0v) is 34.0. The van der Waals surface area contributed by atoms with Gasteiger partial charge < -0.3 is 15.0 Å². The summed E-state index contributed by atoms with van der Waals surface area (Å²) < 4.78 is 231. The van der Waals surface area contributed by atoms with Crippen molar-refractivity contribution in [2.45, 2.75) is 5.41 Å². The number of hydrogen-bond donors (Lipinski definition) is 3. The van der Waals surface area contributed by atoms with Crippen LogP contribution in [0.3, 0.4) is 0 Å². The first-order chi connectivity index (χ1) is 33.0. The fourth-order valence-corrected chi connectivity index (χ4v) is 8.85. The molecule has 0 fully saturated rings. The van der Waals surface area contributed by atoms with E-state index in [-0.39, 0.29) is 17.0 Å². The highest BCUT2D eigenvalue weighted by Crippen LogP contribution is 2.46. The third kappa shape index (κ3) is 6.46. The van der Waals surface area contributed by atoms with Crippen LogP contribution in [0.15, 0.2) is 120 Å². The van der Waals surface area contributed by atoms with Crippen molar-refractivity contribution in [1.29, 1.82) is 0 Å². The fourth-order valence-electron chi connectivity index (χ4n) is 8.85. The van der Waals surface area contributed by atoms with Gasteiger partial charge in [0.25, 0.3) is 0 Å². The summed E-state index contributed by atoms with van der Waals surface area (Å²) in [5, 5.41) is -1.29. The van der Waals surface area contributed by atoms with Crippen molar-refractivity contribution in [3.8, 4) is 0 Å². The number of hydrogen-bond acceptors (Lipinski definition) is 1. The Morgan fingerprint density at radius 3 is 1.23 bits per heavy atom. The zero-order chi connectivity index (χ0) is 49.0. The van der Waals surface area contributed by atoms with Gasteiger partial charge in [0.2, 0.25) is 17.5 Å². The van der Waals surface area contributed by atoms with E-state index < -0.39 is 154 Å². The van der Waals surface area contributed by atoms with Crippen LogP contribution in [0.25, 0.3) is 16.7 Å². The van der Waals surface area contributed by atoms with E-state index in [0.717, 1.165) is 36.5 Å². The van der Waals surface area contributed by atoms with Crippen LogP contribution >= 0.6 is 0 Å². The molecule has 0 atom stereocenters. The molecule has 2 aliphatic heterocycles. The molecule has 0 amide bonds. The molecular weight excluding hydrogens is 942 g/mol. The third-order valence-corrected chi connectivity index (χ3v) is 11.9. The quantitative estimate of drug-likeness (QED) is 0.0875. The number of nitrogens with zero attached hydrogens (tertiary/aromatic N) is 1. The van der Waals surface area contributed by atoms with Gasteiger partial charge in [0.1, 0.15) is 5.41 Å². The first-order valence-electron chi connectivity index (χ1n) is 20.0. The van der Waals surface area contributed by atoms with Crippen LogP contribution in [0, 0.1) is 87.3 Å². The van der Waals surface area contributed by atoms with Gasteiger partial charge in [0.15, 0.2) is 69.8 Å². The molecule has 346 valence electrons. The third-order valence-electron chi connectivity index (χ3n) is 11.9. The molecule has 69 heavy (non-hydrogen) atoms. The molecule has 0 spiro atoms. The summed E-state index contributed by atoms with van der Waals surface area (Å²) in [5.41, 5.74) is -10.9. The van der Waals surface area contributed by atoms with E-state index in [1.165, 1.54) is 12.1 Å². The molecular formula is C50H21F15N4. The lowest BCUT2D eigenvalue weighted by atomic mass is 9.68. The van der Waals surface area contributed by atoms with Crippen molar-refractivity contribution in [3.05, 3.63) is 263 Å². The fraction of sp³-hybridized carbons (Fsp3) is 0.0200. The minimum absolute atomic E-state index is 0.00777. The standard InChI is InChI=1S/C50H21F15N4/c51-35-32(36(52)42(58)47(63)41(35)57)29-19-17-28(66-18-19)50(20-7-3-1-4-8-20,21-9-5-2-6-10-21)27-16-15-26(69-27)31(34-39(55)45(61)49(65)46(62)40(34)56)25-14-13-24(68-25)30(23-12-11-22(29)67-23)33-37(53)43(59)48(64)44(60)38(33)54/h1-18,66-68H/b29-22+,30-23+,31-26+. The molecule has 8 bridgehead atoms. The van der Waals surface area contributed by atoms with E-state index in [1.807, 2.05) is 0 Å². The van der Waals surface area contributed by atoms with Gasteiger partial charge in [-0.1, -0.05) is 60.7 Å². The molecule has 0 radical (unpaired) electrons. The molecule has 0 aliphatic carbocycles. The van der Waals surface area contributed by atoms with Gasteiger partial charge in [-0.05, 0) is 53.6 Å². The first kappa shape index (κ1) is 44.6. The predicted octanol–water partition coefficient (Wildman–Crippen LogP) is 11.4. The normalized spacial score (nSPS) is 16.9. The largest absolute Gasteiger partial charge is 0.363 e. The van der Waals surface area contributed by atoms with Crippen molar-refractivity contribution in [2.24, 2.45) is 4.99 Å². The Kier molecular flexibility index (Phi) is 10.5. The number of benzene rings is 5. The van der Waals surface area contributed by atoms with E-state index in [1.54, 1.807) is 60.7 Å². The lowest BCUT2D eigenvalue weighted by molar-refractivity contribution is 0.376. The smallest absolute Gasteiger partial charge is 0.200 e. The summed E-state index contributed by atoms with van der Waals surface area (Å²) in [6, 6.07) is 20.9. The molecule has 3 aromatic heterocycles. The van der Waals surface area contributed by atoms with Crippen molar-refractivity contribution in [1.82, 2.24) is 15.0 Å². The van der Waals surface area contributed by atoms with Gasteiger partial charge in [0.05, 0.1) is 28.1 Å². The van der Waals surface area contributed by atoms with Gasteiger partial charge >= 0.3 is 0 Å². The number of allylic oxidation sites excluding steroid dienone is 2. The Labute approximate surface area is 376 Å². The topological polar surface area (TPSA) is 59.7 Å². The highest BCUT2D eigenvalue weighted by molar-refractivity contribution is 6.12. The number of nitrogens with one attached hydrogen (secondary N) is 3. The van der Waals surface area contributed by atoms with Gasteiger partial charge in [0, 0.05) is 56.3 Å². The number of halogens is 15. The lowest BCUT2D eigenvalue weighted by Gasteiger charge is -2.34. The average Bonchev–Trinajstić information content (AvgIpc) is 4.22. The van der Waals surface area contributed by atoms with Crippen molar-refractivity contribution >= 4 is 22.4 Å². The Bertz CT molecular complexity index is 3610. The molecule has 2 aliphatic rings. The molecule has 0 saturated carbocycles. The van der Waals surface area contributed by atoms with Crippen molar-refractivity contribution in [2.75, 3.05) is 0 Å². The summed E-state index contributed by atoms with van der Waals surface area (Å²) in [6.07, 6.45) is 3.50. The number of aliphatic imine (C=N–C) groups is 1. The average molecular weight is 963 g/mol. The molecule has 0 unspecified atom stereocenters. The van der Waals surface area contributed by atoms with Crippen LogP contribution in [0.1, 0.15) is 50.5 Å². The second-order valence-corrected chi connectivity index (χ2v) is 15.5. The number of aromatic nitrogens is 3. The van der Waals surface area contributed by atoms with Gasteiger partial charge in [-0.15, -0.1) is 0 Å². The van der Waals surface area contributed by atoms with E-state index in [4.69, 9.17) is 4.99 Å². The second-order valence-electron chi connectivity index (χ2n) is 15.5. The Morgan fingerprint density at radius 1 is 0.377 bits per heavy atom. The highest BCUT2D eigenvalue weighted by atomic mass is 19.2. The van der Waals surface area contributed by atoms with Gasteiger partial charge in [-0.2, -0.15) is 0 Å². The number of aromatic amines is 3. The molecule has 5 aromatic carbocycles. The molecule has 10 rings (SSSR count). The second kappa shape index (κ2) is 16.2. The zero-order valence-electron chi connectivity index (χ0n) is 34.0. The van der Waals surface area contributed by atoms with Crippen LogP contribution in [-0.2, 0) is 5.41 Å². The highest BCUT2D eigenvalue weighted by Gasteiger charge is 2.44. The summed E-state index contributed by atoms with van der Waals surface area (Å²) in [7, 11) is 0. The molecule has 5 heterocycles. The summed E-state index contributed by atoms with van der Waals surface area (Å²) in [5.74, 6) is -36.5. The molecule has 3 N–H and O–H groups in total. The number of rotatable bonds is 5. The SMILES string of the molecule is Fc1c(F)c(F)c(/C2=C3\C=CC(=N3)C(c3ccccc3)(c3ccccc3)c3cc(c[nH]3)/C(c3c(F)c(F)c(F)c(F)c3F)=c3/cc/c([nH]3)=C(\c3c(F)c(F)c(F)c(F)c3F)c3ccc2[nH]3)c(F)c1F. The van der Waals surface area contributed by atoms with Crippen LogP contribution in [-0.4, -0.2) is 20.7 Å². The predicted molar refractivity (Wildman–Crippen MR) is 219 cm³/mol.